The first-order valence-electron chi connectivity index (χ1n) is 7.60. The average Bonchev–Trinajstić information content (AvgIpc) is 2.55. The van der Waals surface area contributed by atoms with E-state index in [4.69, 9.17) is 9.47 Å². The number of benzene rings is 2. The van der Waals surface area contributed by atoms with E-state index in [1.165, 1.54) is 36.0 Å². The predicted octanol–water partition coefficient (Wildman–Crippen LogP) is 5.10. The summed E-state index contributed by atoms with van der Waals surface area (Å²) in [4.78, 5) is 0. The summed E-state index contributed by atoms with van der Waals surface area (Å²) in [7, 11) is 3.34. The molecule has 0 bridgehead atoms. The van der Waals surface area contributed by atoms with Crippen molar-refractivity contribution in [1.82, 2.24) is 0 Å². The van der Waals surface area contributed by atoms with Gasteiger partial charge in [0.25, 0.3) is 0 Å². The van der Waals surface area contributed by atoms with E-state index < -0.39 is 0 Å². The number of aryl methyl sites for hydroxylation is 1. The molecule has 0 aliphatic heterocycles. The molecule has 112 valence electrons. The van der Waals surface area contributed by atoms with E-state index in [1.54, 1.807) is 14.2 Å². The van der Waals surface area contributed by atoms with Crippen molar-refractivity contribution in [2.24, 2.45) is 0 Å². The van der Waals surface area contributed by atoms with Crippen LogP contribution < -0.4 is 9.47 Å². The van der Waals surface area contributed by atoms with Crippen molar-refractivity contribution in [2.45, 2.75) is 32.6 Å². The highest BCUT2D eigenvalue weighted by Gasteiger charge is 2.09. The highest BCUT2D eigenvalue weighted by Crippen LogP contribution is 2.34. The maximum atomic E-state index is 5.41. The highest BCUT2D eigenvalue weighted by molar-refractivity contribution is 5.70. The molecule has 2 rings (SSSR count). The van der Waals surface area contributed by atoms with Crippen LogP contribution in [-0.2, 0) is 6.42 Å². The Labute approximate surface area is 127 Å². The topological polar surface area (TPSA) is 18.5 Å². The van der Waals surface area contributed by atoms with Gasteiger partial charge in [-0.3, -0.25) is 0 Å². The molecule has 0 aliphatic rings. The van der Waals surface area contributed by atoms with Crippen LogP contribution in [0, 0.1) is 0 Å². The molecule has 0 atom stereocenters. The maximum Gasteiger partial charge on any atom is 0.161 e. The second-order valence-corrected chi connectivity index (χ2v) is 5.18. The maximum absolute atomic E-state index is 5.41. The molecule has 2 aromatic carbocycles. The molecule has 0 N–H and O–H groups in total. The normalized spacial score (nSPS) is 10.4. The second kappa shape index (κ2) is 7.72. The number of hydrogen-bond donors (Lipinski definition) is 0. The number of hydrogen-bond acceptors (Lipinski definition) is 2. The van der Waals surface area contributed by atoms with Crippen LogP contribution in [0.3, 0.4) is 0 Å². The fraction of sp³-hybridized carbons (Fsp3) is 0.368. The van der Waals surface area contributed by atoms with E-state index in [1.807, 2.05) is 6.07 Å². The van der Waals surface area contributed by atoms with Crippen molar-refractivity contribution in [2.75, 3.05) is 14.2 Å². The van der Waals surface area contributed by atoms with Crippen molar-refractivity contribution >= 4 is 0 Å². The third-order valence-corrected chi connectivity index (χ3v) is 3.76. The molecule has 21 heavy (non-hydrogen) atoms. The molecular weight excluding hydrogens is 260 g/mol. The van der Waals surface area contributed by atoms with Crippen LogP contribution in [-0.4, -0.2) is 14.2 Å². The van der Waals surface area contributed by atoms with Crippen LogP contribution >= 0.6 is 0 Å². The first-order chi connectivity index (χ1) is 10.3. The summed E-state index contributed by atoms with van der Waals surface area (Å²) in [5, 5.41) is 0. The first-order valence-corrected chi connectivity index (χ1v) is 7.60. The Morgan fingerprint density at radius 2 is 1.62 bits per heavy atom. The van der Waals surface area contributed by atoms with Gasteiger partial charge in [0.15, 0.2) is 11.5 Å². The third kappa shape index (κ3) is 3.78. The zero-order chi connectivity index (χ0) is 15.1. The summed E-state index contributed by atoms with van der Waals surface area (Å²) in [5.41, 5.74) is 3.87. The number of unbranched alkanes of at least 4 members (excludes halogenated alkanes) is 2. The van der Waals surface area contributed by atoms with Gasteiger partial charge in [0, 0.05) is 0 Å². The van der Waals surface area contributed by atoms with Crippen molar-refractivity contribution in [3.05, 3.63) is 48.0 Å². The molecule has 2 aromatic rings. The fourth-order valence-electron chi connectivity index (χ4n) is 2.59. The van der Waals surface area contributed by atoms with Crippen LogP contribution in [0.5, 0.6) is 11.5 Å². The molecule has 0 aliphatic carbocycles. The highest BCUT2D eigenvalue weighted by atomic mass is 16.5. The quantitative estimate of drug-likeness (QED) is 0.658. The Kier molecular flexibility index (Phi) is 5.68. The molecule has 0 aromatic heterocycles. The molecule has 0 amide bonds. The van der Waals surface area contributed by atoms with Gasteiger partial charge < -0.3 is 9.47 Å². The molecule has 0 saturated heterocycles. The van der Waals surface area contributed by atoms with Gasteiger partial charge in [-0.15, -0.1) is 0 Å². The molecular formula is C19H24O2. The molecule has 0 fully saturated rings. The monoisotopic (exact) mass is 284 g/mol. The summed E-state index contributed by atoms with van der Waals surface area (Å²) in [5.74, 6) is 1.54. The Morgan fingerprint density at radius 3 is 2.33 bits per heavy atom. The Morgan fingerprint density at radius 1 is 0.857 bits per heavy atom. The minimum Gasteiger partial charge on any atom is -0.493 e. The lowest BCUT2D eigenvalue weighted by molar-refractivity contribution is 0.355. The van der Waals surface area contributed by atoms with Gasteiger partial charge in [0.1, 0.15) is 0 Å². The summed E-state index contributed by atoms with van der Waals surface area (Å²) in [6, 6.07) is 14.7. The fourth-order valence-corrected chi connectivity index (χ4v) is 2.59. The molecule has 0 unspecified atom stereocenters. The Hall–Kier alpha value is -1.96. The number of rotatable bonds is 7. The number of methoxy groups -OCH3 is 2. The van der Waals surface area contributed by atoms with Crippen LogP contribution in [0.15, 0.2) is 42.5 Å². The second-order valence-electron chi connectivity index (χ2n) is 5.18. The van der Waals surface area contributed by atoms with Crippen molar-refractivity contribution in [3.8, 4) is 22.6 Å². The predicted molar refractivity (Wildman–Crippen MR) is 88.2 cm³/mol. The van der Waals surface area contributed by atoms with Crippen LogP contribution in [0.1, 0.15) is 31.7 Å². The largest absolute Gasteiger partial charge is 0.493 e. The molecule has 2 nitrogen and oxygen atoms in total. The van der Waals surface area contributed by atoms with Crippen molar-refractivity contribution < 1.29 is 9.47 Å². The van der Waals surface area contributed by atoms with E-state index in [0.717, 1.165) is 17.9 Å². The standard InChI is InChI=1S/C19H24O2/c1-4-5-6-9-15-10-7-8-11-17(15)16-12-13-18(20-2)19(14-16)21-3/h7-8,10-14H,4-6,9H2,1-3H3. The molecule has 0 saturated carbocycles. The minimum atomic E-state index is 0.768. The minimum absolute atomic E-state index is 0.768. The lowest BCUT2D eigenvalue weighted by Gasteiger charge is -2.13. The lowest BCUT2D eigenvalue weighted by atomic mass is 9.95. The Balaban J connectivity index is 2.33. The lowest BCUT2D eigenvalue weighted by Crippen LogP contribution is -1.93. The smallest absolute Gasteiger partial charge is 0.161 e. The number of ether oxygens (including phenoxy) is 2. The van der Waals surface area contributed by atoms with Gasteiger partial charge in [-0.2, -0.15) is 0 Å². The van der Waals surface area contributed by atoms with E-state index in [2.05, 4.69) is 43.3 Å². The molecule has 0 spiro atoms. The van der Waals surface area contributed by atoms with E-state index in [9.17, 15) is 0 Å². The van der Waals surface area contributed by atoms with Crippen LogP contribution in [0.2, 0.25) is 0 Å². The van der Waals surface area contributed by atoms with Crippen molar-refractivity contribution in [1.29, 1.82) is 0 Å². The van der Waals surface area contributed by atoms with Gasteiger partial charge in [-0.25, -0.2) is 0 Å². The summed E-state index contributed by atoms with van der Waals surface area (Å²) in [6.45, 7) is 2.24. The van der Waals surface area contributed by atoms with Gasteiger partial charge in [0.05, 0.1) is 14.2 Å². The zero-order valence-corrected chi connectivity index (χ0v) is 13.2. The summed E-state index contributed by atoms with van der Waals surface area (Å²) in [6.07, 6.45) is 4.89. The van der Waals surface area contributed by atoms with Gasteiger partial charge in [-0.1, -0.05) is 50.1 Å². The van der Waals surface area contributed by atoms with E-state index in [0.29, 0.717) is 0 Å². The third-order valence-electron chi connectivity index (χ3n) is 3.76. The SMILES string of the molecule is CCCCCc1ccccc1-c1ccc(OC)c(OC)c1. The molecule has 0 heterocycles. The van der Waals surface area contributed by atoms with Gasteiger partial charge in [0.2, 0.25) is 0 Å². The zero-order valence-electron chi connectivity index (χ0n) is 13.2. The first kappa shape index (κ1) is 15.4. The summed E-state index contributed by atoms with van der Waals surface area (Å²) >= 11 is 0. The van der Waals surface area contributed by atoms with Crippen LogP contribution in [0.25, 0.3) is 11.1 Å². The molecule has 0 radical (unpaired) electrons. The summed E-state index contributed by atoms with van der Waals surface area (Å²) < 4.78 is 10.7. The van der Waals surface area contributed by atoms with Crippen molar-refractivity contribution in [3.63, 3.8) is 0 Å². The average molecular weight is 284 g/mol. The van der Waals surface area contributed by atoms with E-state index in [-0.39, 0.29) is 0 Å². The van der Waals surface area contributed by atoms with Crippen LogP contribution in [0.4, 0.5) is 0 Å². The molecule has 2 heteroatoms. The van der Waals surface area contributed by atoms with Gasteiger partial charge >= 0.3 is 0 Å². The van der Waals surface area contributed by atoms with Gasteiger partial charge in [-0.05, 0) is 41.7 Å². The Bertz CT molecular complexity index is 576. The van der Waals surface area contributed by atoms with E-state index >= 15 is 0 Å².